The van der Waals surface area contributed by atoms with Gasteiger partial charge in [-0.25, -0.2) is 0 Å². The highest BCUT2D eigenvalue weighted by Gasteiger charge is 2.33. The third kappa shape index (κ3) is 4.87. The van der Waals surface area contributed by atoms with Crippen LogP contribution in [0.25, 0.3) is 0 Å². The molecule has 2 unspecified atom stereocenters. The highest BCUT2D eigenvalue weighted by atomic mass is 16.4. The molecule has 1 aromatic heterocycles. The van der Waals surface area contributed by atoms with Crippen molar-refractivity contribution in [2.24, 2.45) is 5.92 Å². The second-order valence-electron chi connectivity index (χ2n) is 7.75. The molecule has 8 nitrogen and oxygen atoms in total. The summed E-state index contributed by atoms with van der Waals surface area (Å²) in [4.78, 5) is 37.8. The third-order valence-corrected chi connectivity index (χ3v) is 5.65. The molecule has 2 fully saturated rings. The number of hydrogen-bond donors (Lipinski definition) is 2. The van der Waals surface area contributed by atoms with E-state index in [4.69, 9.17) is 0 Å². The summed E-state index contributed by atoms with van der Waals surface area (Å²) in [5, 5.41) is 16.4. The molecule has 1 aliphatic heterocycles. The maximum Gasteiger partial charge on any atom is 0.308 e. The number of rotatable bonds is 5. The monoisotopic (exact) mass is 376 g/mol. The molecule has 27 heavy (non-hydrogen) atoms. The number of hydrogen-bond acceptors (Lipinski definition) is 4. The van der Waals surface area contributed by atoms with E-state index in [1.807, 2.05) is 6.92 Å². The fourth-order valence-electron chi connectivity index (χ4n) is 3.99. The van der Waals surface area contributed by atoms with Gasteiger partial charge in [-0.3, -0.25) is 19.1 Å². The summed E-state index contributed by atoms with van der Waals surface area (Å²) < 4.78 is 1.47. The van der Waals surface area contributed by atoms with Gasteiger partial charge in [0.05, 0.1) is 17.7 Å². The average Bonchev–Trinajstić information content (AvgIpc) is 3.10. The van der Waals surface area contributed by atoms with E-state index in [-0.39, 0.29) is 37.0 Å². The van der Waals surface area contributed by atoms with Crippen molar-refractivity contribution in [3.8, 4) is 0 Å². The van der Waals surface area contributed by atoms with Crippen LogP contribution >= 0.6 is 0 Å². The van der Waals surface area contributed by atoms with E-state index in [0.29, 0.717) is 18.4 Å². The van der Waals surface area contributed by atoms with Gasteiger partial charge in [0.2, 0.25) is 5.91 Å². The van der Waals surface area contributed by atoms with E-state index in [1.165, 1.54) is 17.3 Å². The lowest BCUT2D eigenvalue weighted by molar-refractivity contribution is -0.143. The molecule has 0 bridgehead atoms. The maximum absolute atomic E-state index is 12.8. The van der Waals surface area contributed by atoms with E-state index >= 15 is 0 Å². The minimum absolute atomic E-state index is 0.00829. The van der Waals surface area contributed by atoms with Crippen molar-refractivity contribution in [2.45, 2.75) is 70.5 Å². The molecule has 1 saturated heterocycles. The first-order valence-corrected chi connectivity index (χ1v) is 9.79. The van der Waals surface area contributed by atoms with Gasteiger partial charge in [-0.15, -0.1) is 0 Å². The Morgan fingerprint density at radius 2 is 1.93 bits per heavy atom. The minimum atomic E-state index is -0.866. The predicted molar refractivity (Wildman–Crippen MR) is 98.1 cm³/mol. The summed E-state index contributed by atoms with van der Waals surface area (Å²) in [6.07, 6.45) is 9.84. The highest BCUT2D eigenvalue weighted by molar-refractivity contribution is 5.94. The first kappa shape index (κ1) is 19.4. The Balaban J connectivity index is 1.58. The highest BCUT2D eigenvalue weighted by Crippen LogP contribution is 2.24. The van der Waals surface area contributed by atoms with Crippen LogP contribution < -0.4 is 5.32 Å². The van der Waals surface area contributed by atoms with Crippen LogP contribution in [0, 0.1) is 5.92 Å². The molecular formula is C19H28N4O4. The third-order valence-electron chi connectivity index (χ3n) is 5.65. The summed E-state index contributed by atoms with van der Waals surface area (Å²) in [6.45, 7) is 2.22. The van der Waals surface area contributed by atoms with Crippen molar-refractivity contribution < 1.29 is 19.5 Å². The number of carbonyl (C=O) groups excluding carboxylic acids is 2. The SMILES string of the molecule is CC1CCC(C(=O)O)CN1C(=O)c1cnn(CC(=O)NC2CCCCC2)c1. The lowest BCUT2D eigenvalue weighted by atomic mass is 9.93. The zero-order valence-electron chi connectivity index (χ0n) is 15.8. The lowest BCUT2D eigenvalue weighted by Gasteiger charge is -2.36. The molecule has 3 rings (SSSR count). The Morgan fingerprint density at radius 3 is 2.63 bits per heavy atom. The van der Waals surface area contributed by atoms with Crippen molar-refractivity contribution in [3.05, 3.63) is 18.0 Å². The van der Waals surface area contributed by atoms with Crippen LogP contribution in [0.2, 0.25) is 0 Å². The standard InChI is InChI=1S/C19H28N4O4/c1-13-7-8-14(19(26)27)11-23(13)18(25)15-9-20-22(10-15)12-17(24)21-16-5-3-2-4-6-16/h9-10,13-14,16H,2-8,11-12H2,1H3,(H,21,24)(H,26,27). The fraction of sp³-hybridized carbons (Fsp3) is 0.684. The number of nitrogens with one attached hydrogen (secondary N) is 1. The van der Waals surface area contributed by atoms with Gasteiger partial charge >= 0.3 is 5.97 Å². The number of likely N-dealkylation sites (tertiary alicyclic amines) is 1. The summed E-state index contributed by atoms with van der Waals surface area (Å²) in [7, 11) is 0. The molecule has 1 aromatic rings. The van der Waals surface area contributed by atoms with Gasteiger partial charge < -0.3 is 15.3 Å². The number of nitrogens with zero attached hydrogens (tertiary/aromatic N) is 3. The smallest absolute Gasteiger partial charge is 0.308 e. The number of aromatic nitrogens is 2. The molecule has 8 heteroatoms. The molecule has 2 atom stereocenters. The number of aliphatic carboxylic acids is 1. The van der Waals surface area contributed by atoms with E-state index in [0.717, 1.165) is 25.7 Å². The van der Waals surface area contributed by atoms with Crippen LogP contribution in [0.3, 0.4) is 0 Å². The number of piperidine rings is 1. The number of amides is 2. The molecule has 2 heterocycles. The Kier molecular flexibility index (Phi) is 6.13. The van der Waals surface area contributed by atoms with Crippen molar-refractivity contribution in [3.63, 3.8) is 0 Å². The largest absolute Gasteiger partial charge is 0.481 e. The summed E-state index contributed by atoms with van der Waals surface area (Å²) in [5.41, 5.74) is 0.387. The fourth-order valence-corrected chi connectivity index (χ4v) is 3.99. The van der Waals surface area contributed by atoms with E-state index in [9.17, 15) is 19.5 Å². The molecule has 2 aliphatic rings. The summed E-state index contributed by atoms with van der Waals surface area (Å²) >= 11 is 0. The van der Waals surface area contributed by atoms with Crippen LogP contribution in [0.5, 0.6) is 0 Å². The molecule has 0 aromatic carbocycles. The van der Waals surface area contributed by atoms with Gasteiger partial charge in [0, 0.05) is 24.8 Å². The Hall–Kier alpha value is -2.38. The second kappa shape index (κ2) is 8.54. The van der Waals surface area contributed by atoms with Crippen LogP contribution in [0.4, 0.5) is 0 Å². The van der Waals surface area contributed by atoms with Crippen molar-refractivity contribution >= 4 is 17.8 Å². The first-order valence-electron chi connectivity index (χ1n) is 9.79. The minimum Gasteiger partial charge on any atom is -0.481 e. The Morgan fingerprint density at radius 1 is 1.19 bits per heavy atom. The zero-order valence-corrected chi connectivity index (χ0v) is 15.8. The predicted octanol–water partition coefficient (Wildman–Crippen LogP) is 1.66. The van der Waals surface area contributed by atoms with Crippen LogP contribution in [-0.2, 0) is 16.1 Å². The van der Waals surface area contributed by atoms with Gasteiger partial charge in [-0.1, -0.05) is 19.3 Å². The maximum atomic E-state index is 12.8. The van der Waals surface area contributed by atoms with Crippen molar-refractivity contribution in [2.75, 3.05) is 6.54 Å². The molecule has 1 saturated carbocycles. The summed E-state index contributed by atoms with van der Waals surface area (Å²) in [5.74, 6) is -1.72. The average molecular weight is 376 g/mol. The summed E-state index contributed by atoms with van der Waals surface area (Å²) in [6, 6.07) is 0.233. The van der Waals surface area contributed by atoms with Gasteiger partial charge in [0.15, 0.2) is 0 Å². The molecule has 148 valence electrons. The van der Waals surface area contributed by atoms with Gasteiger partial charge in [0.25, 0.3) is 5.91 Å². The van der Waals surface area contributed by atoms with Gasteiger partial charge in [-0.05, 0) is 32.6 Å². The van der Waals surface area contributed by atoms with Crippen molar-refractivity contribution in [1.82, 2.24) is 20.0 Å². The van der Waals surface area contributed by atoms with Crippen LogP contribution in [0.15, 0.2) is 12.4 Å². The van der Waals surface area contributed by atoms with Crippen LogP contribution in [0.1, 0.15) is 62.2 Å². The quantitative estimate of drug-likeness (QED) is 0.813. The van der Waals surface area contributed by atoms with Gasteiger partial charge in [-0.2, -0.15) is 5.10 Å². The van der Waals surface area contributed by atoms with Crippen molar-refractivity contribution in [1.29, 1.82) is 0 Å². The van der Waals surface area contributed by atoms with E-state index in [1.54, 1.807) is 11.1 Å². The Bertz CT molecular complexity index is 696. The molecule has 0 spiro atoms. The number of carboxylic acid groups (broad SMARTS) is 1. The molecule has 2 amide bonds. The molecule has 0 radical (unpaired) electrons. The topological polar surface area (TPSA) is 105 Å². The van der Waals surface area contributed by atoms with Gasteiger partial charge in [0.1, 0.15) is 6.54 Å². The molecular weight excluding hydrogens is 348 g/mol. The first-order chi connectivity index (χ1) is 12.9. The normalized spacial score (nSPS) is 23.8. The lowest BCUT2D eigenvalue weighted by Crippen LogP contribution is -2.47. The molecule has 2 N–H and O–H groups in total. The number of carbonyl (C=O) groups is 3. The Labute approximate surface area is 158 Å². The second-order valence-corrected chi connectivity index (χ2v) is 7.75. The van der Waals surface area contributed by atoms with E-state index in [2.05, 4.69) is 10.4 Å². The van der Waals surface area contributed by atoms with Crippen LogP contribution in [-0.4, -0.2) is 56.2 Å². The number of carboxylic acids is 1. The van der Waals surface area contributed by atoms with E-state index < -0.39 is 11.9 Å². The zero-order chi connectivity index (χ0) is 19.4. The molecule has 1 aliphatic carbocycles.